The molecule has 250 valence electrons. The van der Waals surface area contributed by atoms with E-state index in [1.807, 2.05) is 13.0 Å². The van der Waals surface area contributed by atoms with Crippen molar-refractivity contribution in [2.75, 3.05) is 6.61 Å². The lowest BCUT2D eigenvalue weighted by Crippen LogP contribution is -2.19. The summed E-state index contributed by atoms with van der Waals surface area (Å²) in [6.45, 7) is 3.04. The standard InChI is InChI=1S/C47H36N4O/c1-2-52-31-51-30-36-29-43(51)47(35-21-13-6-14-22-35)42-28-27-41(50-42)46(34-19-11-5-12-20-34)40-26-25-39(49-40)45(33-17-9-4-10-18-33)38-24-23-37(48-38)44(36)32-15-7-3-8-16-32/h3-30,48H,2,31H2,1H3. The van der Waals surface area contributed by atoms with E-state index < -0.39 is 0 Å². The summed E-state index contributed by atoms with van der Waals surface area (Å²) >= 11 is 0. The smallest absolute Gasteiger partial charge is 0.122 e. The van der Waals surface area contributed by atoms with Crippen molar-refractivity contribution >= 4 is 33.7 Å². The fourth-order valence-electron chi connectivity index (χ4n) is 7.31. The van der Waals surface area contributed by atoms with Crippen LogP contribution in [-0.4, -0.2) is 27.6 Å². The first kappa shape index (κ1) is 31.4. The normalized spacial score (nSPS) is 15.1. The Balaban J connectivity index is 1.44. The maximum absolute atomic E-state index is 6.11. The van der Waals surface area contributed by atoms with Crippen molar-refractivity contribution in [1.29, 1.82) is 0 Å². The number of aromatic nitrogens is 2. The maximum atomic E-state index is 6.11. The number of benzene rings is 4. The summed E-state index contributed by atoms with van der Waals surface area (Å²) in [5.74, 6) is 0. The number of nitrogens with zero attached hydrogens (tertiary/aromatic N) is 3. The van der Waals surface area contributed by atoms with Gasteiger partial charge in [-0.05, 0) is 71.7 Å². The molecule has 0 spiro atoms. The third-order valence-electron chi connectivity index (χ3n) is 9.65. The molecular weight excluding hydrogens is 637 g/mol. The average Bonchev–Trinajstić information content (AvgIpc) is 4.03. The van der Waals surface area contributed by atoms with Crippen LogP contribution in [0, 0.1) is 0 Å². The van der Waals surface area contributed by atoms with E-state index in [-0.39, 0.29) is 0 Å². The van der Waals surface area contributed by atoms with Crippen LogP contribution < -0.4 is 10.7 Å². The Kier molecular flexibility index (Phi) is 8.24. The Morgan fingerprint density at radius 1 is 0.500 bits per heavy atom. The second-order valence-electron chi connectivity index (χ2n) is 12.9. The third kappa shape index (κ3) is 5.77. The summed E-state index contributed by atoms with van der Waals surface area (Å²) in [4.78, 5) is 14.6. The van der Waals surface area contributed by atoms with E-state index in [1.165, 1.54) is 0 Å². The molecule has 5 heterocycles. The number of hydrogen-bond donors (Lipinski definition) is 1. The van der Waals surface area contributed by atoms with Gasteiger partial charge in [-0.15, -0.1) is 0 Å². The van der Waals surface area contributed by atoms with Gasteiger partial charge in [-0.25, -0.2) is 9.98 Å². The number of hydrogen-bond acceptors (Lipinski definition) is 3. The first-order valence-electron chi connectivity index (χ1n) is 17.7. The van der Waals surface area contributed by atoms with Gasteiger partial charge in [0.2, 0.25) is 0 Å². The van der Waals surface area contributed by atoms with Crippen LogP contribution in [0.2, 0.25) is 0 Å². The van der Waals surface area contributed by atoms with Crippen LogP contribution >= 0.6 is 0 Å². The number of fused-ring (bicyclic) bond motifs is 6. The highest BCUT2D eigenvalue weighted by Crippen LogP contribution is 2.37. The summed E-state index contributed by atoms with van der Waals surface area (Å²) in [6.07, 6.45) is 10.7. The summed E-state index contributed by atoms with van der Waals surface area (Å²) in [5.41, 5.74) is 14.1. The molecule has 5 heteroatoms. The Bertz CT molecular complexity index is 2610. The zero-order chi connectivity index (χ0) is 34.9. The second-order valence-corrected chi connectivity index (χ2v) is 12.9. The summed E-state index contributed by atoms with van der Waals surface area (Å²) in [6, 6.07) is 48.8. The van der Waals surface area contributed by atoms with Crippen molar-refractivity contribution in [2.24, 2.45) is 9.98 Å². The van der Waals surface area contributed by atoms with Crippen LogP contribution in [-0.2, 0) is 11.5 Å². The maximum Gasteiger partial charge on any atom is 0.122 e. The first-order valence-corrected chi connectivity index (χ1v) is 17.7. The fraction of sp³-hybridized carbons (Fsp3) is 0.0638. The molecule has 1 N–H and O–H groups in total. The molecule has 0 aliphatic carbocycles. The number of aliphatic imine (C=N–C) groups is 2. The number of aromatic amines is 1. The zero-order valence-electron chi connectivity index (χ0n) is 28.8. The van der Waals surface area contributed by atoms with Crippen molar-refractivity contribution in [3.8, 4) is 0 Å². The molecule has 0 unspecified atom stereocenters. The van der Waals surface area contributed by atoms with Crippen LogP contribution in [0.4, 0.5) is 0 Å². The molecule has 0 atom stereocenters. The lowest BCUT2D eigenvalue weighted by Gasteiger charge is -2.14. The van der Waals surface area contributed by atoms with Gasteiger partial charge in [0.1, 0.15) is 6.73 Å². The van der Waals surface area contributed by atoms with Crippen molar-refractivity contribution in [1.82, 2.24) is 9.55 Å². The molecule has 0 saturated carbocycles. The lowest BCUT2D eigenvalue weighted by atomic mass is 9.97. The molecule has 8 bridgehead atoms. The van der Waals surface area contributed by atoms with Gasteiger partial charge in [-0.3, -0.25) is 0 Å². The lowest BCUT2D eigenvalue weighted by molar-refractivity contribution is 0.0876. The van der Waals surface area contributed by atoms with E-state index in [4.69, 9.17) is 14.7 Å². The van der Waals surface area contributed by atoms with E-state index in [2.05, 4.69) is 174 Å². The minimum Gasteiger partial charge on any atom is -0.361 e. The summed E-state index contributed by atoms with van der Waals surface area (Å²) in [5, 5.41) is 2.01. The minimum absolute atomic E-state index is 0.404. The van der Waals surface area contributed by atoms with Gasteiger partial charge < -0.3 is 14.3 Å². The van der Waals surface area contributed by atoms with Crippen LogP contribution in [0.1, 0.15) is 40.4 Å². The Labute approximate surface area is 303 Å². The molecule has 9 rings (SSSR count). The molecule has 0 saturated heterocycles. The van der Waals surface area contributed by atoms with E-state index in [1.54, 1.807) is 0 Å². The Morgan fingerprint density at radius 2 is 0.962 bits per heavy atom. The average molecular weight is 673 g/mol. The summed E-state index contributed by atoms with van der Waals surface area (Å²) < 4.78 is 8.33. The highest BCUT2D eigenvalue weighted by Gasteiger charge is 2.25. The third-order valence-corrected chi connectivity index (χ3v) is 9.65. The van der Waals surface area contributed by atoms with Gasteiger partial charge in [-0.1, -0.05) is 121 Å². The largest absolute Gasteiger partial charge is 0.361 e. The number of nitrogens with one attached hydrogen (secondary N) is 1. The van der Waals surface area contributed by atoms with Crippen LogP contribution in [0.15, 0.2) is 191 Å². The fourth-order valence-corrected chi connectivity index (χ4v) is 7.31. The second kappa shape index (κ2) is 13.6. The highest BCUT2D eigenvalue weighted by molar-refractivity contribution is 6.35. The number of allylic oxidation sites excluding steroid dienone is 5. The Morgan fingerprint density at radius 3 is 1.52 bits per heavy atom. The number of H-pyrrole nitrogens is 1. The molecule has 3 aliphatic heterocycles. The molecule has 0 amide bonds. The Hall–Kier alpha value is -6.56. The highest BCUT2D eigenvalue weighted by atomic mass is 16.5. The van der Waals surface area contributed by atoms with Gasteiger partial charge in [0.15, 0.2) is 0 Å². The van der Waals surface area contributed by atoms with Gasteiger partial charge in [0.25, 0.3) is 0 Å². The molecular formula is C47H36N4O. The minimum atomic E-state index is 0.404. The monoisotopic (exact) mass is 672 g/mol. The van der Waals surface area contributed by atoms with E-state index in [0.29, 0.717) is 13.3 Å². The van der Waals surface area contributed by atoms with Crippen molar-refractivity contribution in [2.45, 2.75) is 13.7 Å². The topological polar surface area (TPSA) is 54.7 Å². The first-order chi connectivity index (χ1) is 25.7. The van der Waals surface area contributed by atoms with Crippen LogP contribution in [0.25, 0.3) is 22.3 Å². The van der Waals surface area contributed by atoms with E-state index >= 15 is 0 Å². The van der Waals surface area contributed by atoms with Gasteiger partial charge in [0.05, 0.1) is 28.5 Å². The van der Waals surface area contributed by atoms with Crippen molar-refractivity contribution in [3.05, 3.63) is 226 Å². The molecule has 5 nitrogen and oxygen atoms in total. The molecule has 0 radical (unpaired) electrons. The molecule has 52 heavy (non-hydrogen) atoms. The van der Waals surface area contributed by atoms with E-state index in [9.17, 15) is 0 Å². The number of rotatable bonds is 7. The summed E-state index contributed by atoms with van der Waals surface area (Å²) in [7, 11) is 0. The van der Waals surface area contributed by atoms with Crippen molar-refractivity contribution < 1.29 is 4.74 Å². The zero-order valence-corrected chi connectivity index (χ0v) is 28.8. The predicted molar refractivity (Wildman–Crippen MR) is 212 cm³/mol. The van der Waals surface area contributed by atoms with Crippen LogP contribution in [0.3, 0.4) is 0 Å². The van der Waals surface area contributed by atoms with Gasteiger partial charge in [-0.2, -0.15) is 0 Å². The van der Waals surface area contributed by atoms with Crippen LogP contribution in [0.5, 0.6) is 0 Å². The molecule has 2 aromatic heterocycles. The number of ether oxygens (including phenoxy) is 1. The molecule has 3 aliphatic rings. The van der Waals surface area contributed by atoms with Crippen molar-refractivity contribution in [3.63, 3.8) is 0 Å². The SMILES string of the molecule is CCOCn1cc2cc1C(c1ccccc1)=C1C=CC(=N1)C(c1ccccc1)=C1C=CC(=N1)C(c1ccccc1)=c1ccc([nH]1)=C2c1ccccc1. The quantitative estimate of drug-likeness (QED) is 0.182. The molecule has 0 fully saturated rings. The van der Waals surface area contributed by atoms with Gasteiger partial charge in [0, 0.05) is 51.4 Å². The molecule has 4 aromatic carbocycles. The van der Waals surface area contributed by atoms with E-state index in [0.717, 1.165) is 89.3 Å². The van der Waals surface area contributed by atoms with Gasteiger partial charge >= 0.3 is 0 Å². The molecule has 6 aromatic rings. The predicted octanol–water partition coefficient (Wildman–Crippen LogP) is 8.46.